The van der Waals surface area contributed by atoms with Crippen LogP contribution >= 0.6 is 0 Å². The van der Waals surface area contributed by atoms with Crippen molar-refractivity contribution in [2.24, 2.45) is 5.92 Å². The lowest BCUT2D eigenvalue weighted by Crippen LogP contribution is -2.35. The molecule has 26 heavy (non-hydrogen) atoms. The van der Waals surface area contributed by atoms with Gasteiger partial charge in [0.05, 0.1) is 7.11 Å². The smallest absolute Gasteiger partial charge is 0.145 e. The van der Waals surface area contributed by atoms with Crippen LogP contribution in [0.4, 0.5) is 5.82 Å². The Morgan fingerprint density at radius 2 is 1.92 bits per heavy atom. The van der Waals surface area contributed by atoms with E-state index in [1.807, 2.05) is 31.2 Å². The molecule has 1 fully saturated rings. The Morgan fingerprint density at radius 3 is 2.58 bits per heavy atom. The van der Waals surface area contributed by atoms with Crippen LogP contribution in [0.2, 0.25) is 0 Å². The first-order chi connectivity index (χ1) is 12.7. The highest BCUT2D eigenvalue weighted by atomic mass is 16.5. The molecule has 0 spiro atoms. The van der Waals surface area contributed by atoms with Gasteiger partial charge in [0.25, 0.3) is 0 Å². The molecule has 136 valence electrons. The summed E-state index contributed by atoms with van der Waals surface area (Å²) in [5.74, 6) is 2.35. The third kappa shape index (κ3) is 4.74. The number of anilines is 1. The number of nitrogens with zero attached hydrogens (tertiary/aromatic N) is 3. The van der Waals surface area contributed by atoms with Gasteiger partial charge >= 0.3 is 0 Å². The van der Waals surface area contributed by atoms with E-state index in [9.17, 15) is 0 Å². The predicted molar refractivity (Wildman–Crippen MR) is 103 cm³/mol. The first-order valence-corrected chi connectivity index (χ1v) is 9.15. The average Bonchev–Trinajstić information content (AvgIpc) is 2.69. The average molecular weight is 350 g/mol. The normalized spacial score (nSPS) is 15.4. The zero-order valence-corrected chi connectivity index (χ0v) is 15.5. The number of aryl methyl sites for hydroxylation is 1. The van der Waals surface area contributed by atoms with Crippen LogP contribution in [0.15, 0.2) is 36.4 Å². The van der Waals surface area contributed by atoms with Crippen LogP contribution in [0.3, 0.4) is 0 Å². The number of aromatic nitrogens is 1. The highest BCUT2D eigenvalue weighted by Crippen LogP contribution is 2.21. The summed E-state index contributed by atoms with van der Waals surface area (Å²) in [7, 11) is 1.70. The van der Waals surface area contributed by atoms with E-state index < -0.39 is 0 Å². The highest BCUT2D eigenvalue weighted by molar-refractivity contribution is 5.42. The minimum Gasteiger partial charge on any atom is -0.497 e. The Bertz CT molecular complexity index is 759. The summed E-state index contributed by atoms with van der Waals surface area (Å²) in [6.07, 6.45) is 2.36. The Morgan fingerprint density at radius 1 is 1.19 bits per heavy atom. The fourth-order valence-corrected chi connectivity index (χ4v) is 3.33. The maximum absolute atomic E-state index is 9.09. The summed E-state index contributed by atoms with van der Waals surface area (Å²) in [6, 6.07) is 14.4. The van der Waals surface area contributed by atoms with E-state index in [1.165, 1.54) is 18.4 Å². The Hall–Kier alpha value is -2.58. The van der Waals surface area contributed by atoms with E-state index >= 15 is 0 Å². The number of piperidine rings is 1. The lowest BCUT2D eigenvalue weighted by molar-refractivity contribution is 0.182. The van der Waals surface area contributed by atoms with Gasteiger partial charge in [-0.2, -0.15) is 5.26 Å². The van der Waals surface area contributed by atoms with Gasteiger partial charge < -0.3 is 10.1 Å². The van der Waals surface area contributed by atoms with Crippen LogP contribution in [0, 0.1) is 24.2 Å². The molecule has 5 heteroatoms. The van der Waals surface area contributed by atoms with Gasteiger partial charge in [-0.15, -0.1) is 0 Å². The molecular weight excluding hydrogens is 324 g/mol. The van der Waals surface area contributed by atoms with Crippen molar-refractivity contribution in [3.63, 3.8) is 0 Å². The van der Waals surface area contributed by atoms with Crippen molar-refractivity contribution in [1.29, 1.82) is 5.26 Å². The summed E-state index contributed by atoms with van der Waals surface area (Å²) < 4.78 is 5.21. The third-order valence-electron chi connectivity index (χ3n) is 5.05. The molecule has 1 saturated heterocycles. The number of benzene rings is 1. The number of likely N-dealkylation sites (tertiary alicyclic amines) is 1. The molecule has 1 aromatic carbocycles. The molecule has 0 bridgehead atoms. The second kappa shape index (κ2) is 8.68. The number of nitriles is 1. The molecule has 0 unspecified atom stereocenters. The zero-order valence-electron chi connectivity index (χ0n) is 15.5. The summed E-state index contributed by atoms with van der Waals surface area (Å²) in [4.78, 5) is 6.88. The van der Waals surface area contributed by atoms with E-state index in [2.05, 4.69) is 33.4 Å². The largest absolute Gasteiger partial charge is 0.497 e. The minimum absolute atomic E-state index is 0.504. The number of nitrogens with one attached hydrogen (secondary N) is 1. The van der Waals surface area contributed by atoms with Gasteiger partial charge in [-0.1, -0.05) is 18.2 Å². The lowest BCUT2D eigenvalue weighted by atomic mass is 9.96. The number of hydrogen-bond acceptors (Lipinski definition) is 5. The van der Waals surface area contributed by atoms with Crippen molar-refractivity contribution >= 4 is 5.82 Å². The van der Waals surface area contributed by atoms with E-state index in [0.29, 0.717) is 11.6 Å². The van der Waals surface area contributed by atoms with Gasteiger partial charge in [0.15, 0.2) is 0 Å². The molecule has 3 rings (SSSR count). The molecule has 2 aromatic rings. The summed E-state index contributed by atoms with van der Waals surface area (Å²) in [5.41, 5.74) is 2.75. The van der Waals surface area contributed by atoms with Crippen molar-refractivity contribution in [1.82, 2.24) is 9.88 Å². The molecule has 0 amide bonds. The molecule has 1 N–H and O–H groups in total. The van der Waals surface area contributed by atoms with Gasteiger partial charge in [-0.25, -0.2) is 4.98 Å². The van der Waals surface area contributed by atoms with Crippen molar-refractivity contribution in [3.8, 4) is 11.8 Å². The van der Waals surface area contributed by atoms with E-state index in [-0.39, 0.29) is 0 Å². The van der Waals surface area contributed by atoms with Crippen LogP contribution in [0.5, 0.6) is 5.75 Å². The van der Waals surface area contributed by atoms with Crippen LogP contribution in [-0.2, 0) is 6.54 Å². The van der Waals surface area contributed by atoms with Crippen LogP contribution in [0.25, 0.3) is 0 Å². The van der Waals surface area contributed by atoms with Crippen molar-refractivity contribution in [3.05, 3.63) is 53.2 Å². The van der Waals surface area contributed by atoms with Crippen LogP contribution in [0.1, 0.15) is 29.7 Å². The number of pyridine rings is 1. The van der Waals surface area contributed by atoms with Gasteiger partial charge in [-0.3, -0.25) is 4.90 Å². The van der Waals surface area contributed by atoms with Crippen molar-refractivity contribution < 1.29 is 4.74 Å². The molecular formula is C21H26N4O. The second-order valence-corrected chi connectivity index (χ2v) is 6.92. The number of hydrogen-bond donors (Lipinski definition) is 1. The molecule has 0 saturated carbocycles. The van der Waals surface area contributed by atoms with E-state index in [0.717, 1.165) is 43.3 Å². The first kappa shape index (κ1) is 18.2. The fourth-order valence-electron chi connectivity index (χ4n) is 3.33. The maximum atomic E-state index is 9.09. The maximum Gasteiger partial charge on any atom is 0.145 e. The van der Waals surface area contributed by atoms with Crippen molar-refractivity contribution in [2.75, 3.05) is 32.1 Å². The Balaban J connectivity index is 1.44. The molecule has 1 aliphatic heterocycles. The molecule has 1 aliphatic rings. The summed E-state index contributed by atoms with van der Waals surface area (Å²) in [5, 5.41) is 12.5. The first-order valence-electron chi connectivity index (χ1n) is 9.15. The topological polar surface area (TPSA) is 61.2 Å². The van der Waals surface area contributed by atoms with E-state index in [1.54, 1.807) is 7.11 Å². The standard InChI is InChI=1S/C21H26N4O/c1-16-3-8-21(24-20(16)13-22)23-14-17-9-11-25(12-10-17)15-18-4-6-19(26-2)7-5-18/h3-8,17H,9-12,14-15H2,1-2H3,(H,23,24). The summed E-state index contributed by atoms with van der Waals surface area (Å²) >= 11 is 0. The SMILES string of the molecule is COc1ccc(CN2CCC(CNc3ccc(C)c(C#N)n3)CC2)cc1. The van der Waals surface area contributed by atoms with E-state index in [4.69, 9.17) is 10.00 Å². The van der Waals surface area contributed by atoms with Gasteiger partial charge in [0.2, 0.25) is 0 Å². The quantitative estimate of drug-likeness (QED) is 0.862. The molecule has 5 nitrogen and oxygen atoms in total. The zero-order chi connectivity index (χ0) is 18.4. The highest BCUT2D eigenvalue weighted by Gasteiger charge is 2.19. The van der Waals surface area contributed by atoms with Crippen LogP contribution < -0.4 is 10.1 Å². The molecule has 0 aliphatic carbocycles. The number of ether oxygens (including phenoxy) is 1. The third-order valence-corrected chi connectivity index (χ3v) is 5.05. The van der Waals surface area contributed by atoms with Gasteiger partial charge in [0.1, 0.15) is 23.3 Å². The monoisotopic (exact) mass is 350 g/mol. The number of rotatable bonds is 6. The van der Waals surface area contributed by atoms with Crippen molar-refractivity contribution in [2.45, 2.75) is 26.3 Å². The molecule has 0 atom stereocenters. The minimum atomic E-state index is 0.504. The summed E-state index contributed by atoms with van der Waals surface area (Å²) in [6.45, 7) is 6.05. The fraction of sp³-hybridized carbons (Fsp3) is 0.429. The second-order valence-electron chi connectivity index (χ2n) is 6.92. The van der Waals surface area contributed by atoms with Crippen LogP contribution in [-0.4, -0.2) is 36.6 Å². The molecule has 2 heterocycles. The molecule has 0 radical (unpaired) electrons. The predicted octanol–water partition coefficient (Wildman–Crippen LogP) is 3.59. The lowest BCUT2D eigenvalue weighted by Gasteiger charge is -2.32. The molecule has 1 aromatic heterocycles. The Kier molecular flexibility index (Phi) is 6.08. The Labute approximate surface area is 155 Å². The van der Waals surface area contributed by atoms with Gasteiger partial charge in [0, 0.05) is 13.1 Å². The number of methoxy groups -OCH3 is 1. The van der Waals surface area contributed by atoms with Gasteiger partial charge in [-0.05, 0) is 68.1 Å².